The number of nitriles is 1. The Bertz CT molecular complexity index is 845. The highest BCUT2D eigenvalue weighted by Gasteiger charge is 2.08. The minimum atomic E-state index is 0.467. The second-order valence-corrected chi connectivity index (χ2v) is 6.03. The summed E-state index contributed by atoms with van der Waals surface area (Å²) >= 11 is 7.29. The molecule has 0 saturated heterocycles. The second kappa shape index (κ2) is 7.23. The average Bonchev–Trinajstić information content (AvgIpc) is 2.62. The molecule has 0 aliphatic heterocycles. The summed E-state index contributed by atoms with van der Waals surface area (Å²) in [6, 6.07) is 13.3. The third kappa shape index (κ3) is 3.86. The molecule has 0 aliphatic carbocycles. The van der Waals surface area contributed by atoms with Crippen LogP contribution in [-0.2, 0) is 5.75 Å². The van der Waals surface area contributed by atoms with Gasteiger partial charge in [-0.3, -0.25) is 4.98 Å². The largest absolute Gasteiger partial charge is 0.265 e. The normalized spacial score (nSPS) is 10.3. The van der Waals surface area contributed by atoms with Gasteiger partial charge in [-0.15, -0.1) is 11.8 Å². The van der Waals surface area contributed by atoms with Crippen molar-refractivity contribution in [2.75, 3.05) is 0 Å². The second-order valence-electron chi connectivity index (χ2n) is 4.67. The van der Waals surface area contributed by atoms with Gasteiger partial charge in [0.2, 0.25) is 0 Å². The summed E-state index contributed by atoms with van der Waals surface area (Å²) in [6.07, 6.45) is 5.18. The van der Waals surface area contributed by atoms with E-state index in [0.717, 1.165) is 16.8 Å². The van der Waals surface area contributed by atoms with Crippen LogP contribution in [-0.4, -0.2) is 15.0 Å². The van der Waals surface area contributed by atoms with Crippen molar-refractivity contribution in [1.82, 2.24) is 15.0 Å². The maximum Gasteiger partial charge on any atom is 0.129 e. The van der Waals surface area contributed by atoms with E-state index in [9.17, 15) is 5.26 Å². The Balaban J connectivity index is 1.85. The van der Waals surface area contributed by atoms with Crippen molar-refractivity contribution < 1.29 is 0 Å². The Kier molecular flexibility index (Phi) is 4.86. The number of pyridine rings is 3. The van der Waals surface area contributed by atoms with E-state index in [-0.39, 0.29) is 0 Å². The summed E-state index contributed by atoms with van der Waals surface area (Å²) in [7, 11) is 0. The first-order valence-electron chi connectivity index (χ1n) is 6.81. The van der Waals surface area contributed by atoms with Crippen molar-refractivity contribution in [3.63, 3.8) is 0 Å². The maximum absolute atomic E-state index is 9.27. The van der Waals surface area contributed by atoms with Crippen molar-refractivity contribution in [2.24, 2.45) is 0 Å². The maximum atomic E-state index is 9.27. The Morgan fingerprint density at radius 1 is 1.09 bits per heavy atom. The van der Waals surface area contributed by atoms with Crippen molar-refractivity contribution in [3.05, 3.63) is 71.3 Å². The molecule has 0 unspecified atom stereocenters. The number of hydrogen-bond acceptors (Lipinski definition) is 5. The first-order chi connectivity index (χ1) is 11.3. The van der Waals surface area contributed by atoms with E-state index in [1.165, 1.54) is 11.8 Å². The van der Waals surface area contributed by atoms with Gasteiger partial charge in [-0.25, -0.2) is 9.97 Å². The summed E-state index contributed by atoms with van der Waals surface area (Å²) in [5.41, 5.74) is 3.39. The minimum Gasteiger partial charge on any atom is -0.265 e. The fourth-order valence-corrected chi connectivity index (χ4v) is 2.98. The molecule has 0 aliphatic rings. The molecule has 0 N–H and O–H groups in total. The Labute approximate surface area is 143 Å². The molecule has 0 fully saturated rings. The lowest BCUT2D eigenvalue weighted by atomic mass is 10.1. The highest BCUT2D eigenvalue weighted by Crippen LogP contribution is 2.27. The standard InChI is InChI=1S/C17H11ClN4S/c18-16-4-1-12(10-21-16)11-23-17-14(9-19)2-3-15(22-17)13-5-7-20-8-6-13/h1-8,10H,11H2. The minimum absolute atomic E-state index is 0.467. The Morgan fingerprint density at radius 3 is 2.61 bits per heavy atom. The van der Waals surface area contributed by atoms with Crippen LogP contribution in [0, 0.1) is 11.3 Å². The molecule has 0 amide bonds. The van der Waals surface area contributed by atoms with Gasteiger partial charge in [-0.2, -0.15) is 5.26 Å². The summed E-state index contributed by atoms with van der Waals surface area (Å²) < 4.78 is 0. The molecule has 0 bridgehead atoms. The molecular weight excluding hydrogens is 328 g/mol. The van der Waals surface area contributed by atoms with Crippen LogP contribution in [0.25, 0.3) is 11.3 Å². The molecule has 0 atom stereocenters. The van der Waals surface area contributed by atoms with E-state index in [1.54, 1.807) is 30.7 Å². The van der Waals surface area contributed by atoms with Crippen LogP contribution in [0.15, 0.2) is 60.0 Å². The van der Waals surface area contributed by atoms with Crippen LogP contribution < -0.4 is 0 Å². The van der Waals surface area contributed by atoms with Gasteiger partial charge in [0.25, 0.3) is 0 Å². The van der Waals surface area contributed by atoms with E-state index >= 15 is 0 Å². The van der Waals surface area contributed by atoms with Crippen LogP contribution in [0.3, 0.4) is 0 Å². The van der Waals surface area contributed by atoms with Gasteiger partial charge in [-0.1, -0.05) is 17.7 Å². The van der Waals surface area contributed by atoms with Gasteiger partial charge in [0, 0.05) is 29.9 Å². The van der Waals surface area contributed by atoms with Gasteiger partial charge in [0.1, 0.15) is 16.2 Å². The van der Waals surface area contributed by atoms with Gasteiger partial charge >= 0.3 is 0 Å². The summed E-state index contributed by atoms with van der Waals surface area (Å²) in [4.78, 5) is 12.7. The number of rotatable bonds is 4. The molecule has 6 heteroatoms. The highest BCUT2D eigenvalue weighted by atomic mass is 35.5. The van der Waals surface area contributed by atoms with Crippen molar-refractivity contribution in [2.45, 2.75) is 10.8 Å². The van der Waals surface area contributed by atoms with Crippen LogP contribution in [0.5, 0.6) is 0 Å². The van der Waals surface area contributed by atoms with Gasteiger partial charge < -0.3 is 0 Å². The number of aromatic nitrogens is 3. The molecule has 0 aromatic carbocycles. The molecule has 0 saturated carbocycles. The summed E-state index contributed by atoms with van der Waals surface area (Å²) in [5.74, 6) is 0.672. The molecule has 4 nitrogen and oxygen atoms in total. The molecule has 3 heterocycles. The highest BCUT2D eigenvalue weighted by molar-refractivity contribution is 7.98. The zero-order valence-corrected chi connectivity index (χ0v) is 13.6. The van der Waals surface area contributed by atoms with E-state index in [2.05, 4.69) is 21.0 Å². The van der Waals surface area contributed by atoms with Gasteiger partial charge in [0.15, 0.2) is 0 Å². The molecule has 3 rings (SSSR count). The van der Waals surface area contributed by atoms with Crippen LogP contribution >= 0.6 is 23.4 Å². The molecule has 23 heavy (non-hydrogen) atoms. The SMILES string of the molecule is N#Cc1ccc(-c2ccncc2)nc1SCc1ccc(Cl)nc1. The van der Waals surface area contributed by atoms with Crippen molar-refractivity contribution >= 4 is 23.4 Å². The van der Waals surface area contributed by atoms with Crippen LogP contribution in [0.2, 0.25) is 5.15 Å². The van der Waals surface area contributed by atoms with Crippen LogP contribution in [0.4, 0.5) is 0 Å². The number of hydrogen-bond donors (Lipinski definition) is 0. The molecule has 0 radical (unpaired) electrons. The number of thioether (sulfide) groups is 1. The molecular formula is C17H11ClN4S. The molecule has 3 aromatic heterocycles. The Hall–Kier alpha value is -2.42. The van der Waals surface area contributed by atoms with Crippen molar-refractivity contribution in [3.8, 4) is 17.3 Å². The predicted molar refractivity (Wildman–Crippen MR) is 91.0 cm³/mol. The fraction of sp³-hybridized carbons (Fsp3) is 0.0588. The smallest absolute Gasteiger partial charge is 0.129 e. The summed E-state index contributed by atoms with van der Waals surface area (Å²) in [6.45, 7) is 0. The van der Waals surface area contributed by atoms with E-state index in [0.29, 0.717) is 21.5 Å². The third-order valence-corrected chi connectivity index (χ3v) is 4.41. The van der Waals surface area contributed by atoms with E-state index < -0.39 is 0 Å². The zero-order valence-electron chi connectivity index (χ0n) is 12.0. The first kappa shape index (κ1) is 15.5. The third-order valence-electron chi connectivity index (χ3n) is 3.12. The average molecular weight is 339 g/mol. The summed E-state index contributed by atoms with van der Waals surface area (Å²) in [5, 5.41) is 10.4. The van der Waals surface area contributed by atoms with Gasteiger partial charge in [0.05, 0.1) is 11.3 Å². The lowest BCUT2D eigenvalue weighted by molar-refractivity contribution is 1.11. The molecule has 0 spiro atoms. The molecule has 3 aromatic rings. The van der Waals surface area contributed by atoms with Crippen LogP contribution in [0.1, 0.15) is 11.1 Å². The number of nitrogens with zero attached hydrogens (tertiary/aromatic N) is 4. The monoisotopic (exact) mass is 338 g/mol. The Morgan fingerprint density at radius 2 is 1.91 bits per heavy atom. The molecule has 112 valence electrons. The quantitative estimate of drug-likeness (QED) is 0.522. The van der Waals surface area contributed by atoms with Gasteiger partial charge in [-0.05, 0) is 35.9 Å². The first-order valence-corrected chi connectivity index (χ1v) is 8.17. The van der Waals surface area contributed by atoms with Crippen molar-refractivity contribution in [1.29, 1.82) is 5.26 Å². The number of halogens is 1. The predicted octanol–water partition coefficient (Wildman–Crippen LogP) is 4.36. The topological polar surface area (TPSA) is 62.5 Å². The van der Waals surface area contributed by atoms with E-state index in [4.69, 9.17) is 11.6 Å². The lowest BCUT2D eigenvalue weighted by Gasteiger charge is -2.07. The zero-order chi connectivity index (χ0) is 16.1. The fourth-order valence-electron chi connectivity index (χ4n) is 1.96. The lowest BCUT2D eigenvalue weighted by Crippen LogP contribution is -1.92. The van der Waals surface area contributed by atoms with E-state index in [1.807, 2.05) is 24.3 Å².